The fraction of sp³-hybridized carbons (Fsp3) is 0.385. The van der Waals surface area contributed by atoms with Crippen molar-refractivity contribution in [2.45, 2.75) is 12.0 Å². The van der Waals surface area contributed by atoms with Gasteiger partial charge in [0.25, 0.3) is 0 Å². The van der Waals surface area contributed by atoms with Gasteiger partial charge in [-0.3, -0.25) is 0 Å². The van der Waals surface area contributed by atoms with Crippen molar-refractivity contribution in [3.05, 3.63) is 29.8 Å². The normalized spacial score (nSPS) is 21.7. The maximum Gasteiger partial charge on any atom is 0.319 e. The molecule has 0 spiro atoms. The van der Waals surface area contributed by atoms with E-state index in [0.29, 0.717) is 24.3 Å². The molecule has 1 heterocycles. The van der Waals surface area contributed by atoms with Crippen molar-refractivity contribution in [2.24, 2.45) is 0 Å². The molecule has 1 unspecified atom stereocenters. The molecule has 0 radical (unpaired) electrons. The molecule has 100 valence electrons. The maximum atomic E-state index is 11.7. The summed E-state index contributed by atoms with van der Waals surface area (Å²) in [6.45, 7) is 0.873. The van der Waals surface area contributed by atoms with E-state index in [4.69, 9.17) is 10.00 Å². The van der Waals surface area contributed by atoms with Crippen LogP contribution >= 0.6 is 0 Å². The summed E-state index contributed by atoms with van der Waals surface area (Å²) < 4.78 is 5.08. The van der Waals surface area contributed by atoms with Crippen molar-refractivity contribution in [3.63, 3.8) is 0 Å². The molecule has 2 amide bonds. The van der Waals surface area contributed by atoms with Crippen LogP contribution in [0, 0.1) is 11.3 Å². The Kier molecular flexibility index (Phi) is 4.00. The van der Waals surface area contributed by atoms with Crippen molar-refractivity contribution in [1.82, 2.24) is 5.32 Å². The lowest BCUT2D eigenvalue weighted by atomic mass is 10.0. The summed E-state index contributed by atoms with van der Waals surface area (Å²) in [6, 6.07) is 8.18. The summed E-state index contributed by atoms with van der Waals surface area (Å²) in [7, 11) is 0. The number of nitrogens with one attached hydrogen (secondary N) is 2. The number of benzene rings is 1. The largest absolute Gasteiger partial charge is 0.386 e. The lowest BCUT2D eigenvalue weighted by Gasteiger charge is -2.20. The van der Waals surface area contributed by atoms with Crippen LogP contribution < -0.4 is 10.6 Å². The summed E-state index contributed by atoms with van der Waals surface area (Å²) in [4.78, 5) is 11.7. The van der Waals surface area contributed by atoms with Gasteiger partial charge >= 0.3 is 6.03 Å². The molecule has 1 saturated heterocycles. The molecular weight excluding hydrogens is 246 g/mol. The summed E-state index contributed by atoms with van der Waals surface area (Å²) >= 11 is 0. The van der Waals surface area contributed by atoms with Gasteiger partial charge in [-0.2, -0.15) is 5.26 Å². The predicted molar refractivity (Wildman–Crippen MR) is 68.6 cm³/mol. The van der Waals surface area contributed by atoms with Gasteiger partial charge in [0.2, 0.25) is 0 Å². The summed E-state index contributed by atoms with van der Waals surface area (Å²) in [5.74, 6) is 0. The molecule has 6 heteroatoms. The van der Waals surface area contributed by atoms with Crippen molar-refractivity contribution in [2.75, 3.05) is 25.1 Å². The number of amides is 2. The molecule has 2 rings (SSSR count). The highest BCUT2D eigenvalue weighted by Crippen LogP contribution is 2.17. The lowest BCUT2D eigenvalue weighted by molar-refractivity contribution is 0.0295. The van der Waals surface area contributed by atoms with Crippen molar-refractivity contribution in [3.8, 4) is 6.07 Å². The fourth-order valence-corrected chi connectivity index (χ4v) is 1.82. The zero-order valence-corrected chi connectivity index (χ0v) is 10.3. The number of carbonyl (C=O) groups excluding carboxylic acids is 1. The Morgan fingerprint density at radius 3 is 3.11 bits per heavy atom. The molecular formula is C13H15N3O3. The molecule has 0 saturated carbocycles. The molecule has 1 fully saturated rings. The van der Waals surface area contributed by atoms with E-state index < -0.39 is 11.6 Å². The summed E-state index contributed by atoms with van der Waals surface area (Å²) in [6.07, 6.45) is 0.511. The van der Waals surface area contributed by atoms with Gasteiger partial charge in [0, 0.05) is 18.7 Å². The van der Waals surface area contributed by atoms with Crippen LogP contribution in [0.3, 0.4) is 0 Å². The van der Waals surface area contributed by atoms with Gasteiger partial charge < -0.3 is 20.5 Å². The van der Waals surface area contributed by atoms with E-state index in [1.807, 2.05) is 6.07 Å². The summed E-state index contributed by atoms with van der Waals surface area (Å²) in [5.41, 5.74) is 0.0260. The van der Waals surface area contributed by atoms with Crippen LogP contribution in [-0.2, 0) is 4.74 Å². The second-order valence-electron chi connectivity index (χ2n) is 4.53. The van der Waals surface area contributed by atoms with Gasteiger partial charge in [0.1, 0.15) is 5.60 Å². The Labute approximate surface area is 111 Å². The van der Waals surface area contributed by atoms with Crippen LogP contribution in [0.2, 0.25) is 0 Å². The van der Waals surface area contributed by atoms with Gasteiger partial charge in [-0.1, -0.05) is 6.07 Å². The number of rotatable bonds is 3. The van der Waals surface area contributed by atoms with Gasteiger partial charge in [-0.15, -0.1) is 0 Å². The Bertz CT molecular complexity index is 504. The Morgan fingerprint density at radius 2 is 2.42 bits per heavy atom. The van der Waals surface area contributed by atoms with Crippen LogP contribution in [0.25, 0.3) is 0 Å². The second-order valence-corrected chi connectivity index (χ2v) is 4.53. The first-order valence-electron chi connectivity index (χ1n) is 5.96. The minimum Gasteiger partial charge on any atom is -0.386 e. The number of urea groups is 1. The SMILES string of the molecule is N#Cc1cccc(NC(=O)NCC2(O)CCOC2)c1. The first-order chi connectivity index (χ1) is 9.11. The number of nitrogens with zero attached hydrogens (tertiary/aromatic N) is 1. The maximum absolute atomic E-state index is 11.7. The first-order valence-corrected chi connectivity index (χ1v) is 5.96. The molecule has 1 aliphatic heterocycles. The zero-order chi connectivity index (χ0) is 13.7. The van der Waals surface area contributed by atoms with E-state index in [0.717, 1.165) is 0 Å². The number of anilines is 1. The smallest absolute Gasteiger partial charge is 0.319 e. The molecule has 1 atom stereocenters. The van der Waals surface area contributed by atoms with Gasteiger partial charge in [0.05, 0.1) is 24.8 Å². The molecule has 0 aromatic heterocycles. The third-order valence-corrected chi connectivity index (χ3v) is 2.91. The van der Waals surface area contributed by atoms with Crippen LogP contribution in [0.5, 0.6) is 0 Å². The highest BCUT2D eigenvalue weighted by atomic mass is 16.5. The third-order valence-electron chi connectivity index (χ3n) is 2.91. The highest BCUT2D eigenvalue weighted by Gasteiger charge is 2.32. The Hall–Kier alpha value is -2.10. The van der Waals surface area contributed by atoms with E-state index in [2.05, 4.69) is 10.6 Å². The molecule has 19 heavy (non-hydrogen) atoms. The first kappa shape index (κ1) is 13.3. The van der Waals surface area contributed by atoms with Crippen LogP contribution in [0.1, 0.15) is 12.0 Å². The highest BCUT2D eigenvalue weighted by molar-refractivity contribution is 5.89. The molecule has 1 aliphatic rings. The van der Waals surface area contributed by atoms with Gasteiger partial charge in [0.15, 0.2) is 0 Å². The minimum absolute atomic E-state index is 0.136. The molecule has 1 aromatic carbocycles. The standard InChI is InChI=1S/C13H15N3O3/c14-7-10-2-1-3-11(6-10)16-12(17)15-8-13(18)4-5-19-9-13/h1-3,6,18H,4-5,8-9H2,(H2,15,16,17). The van der Waals surface area contributed by atoms with E-state index in [-0.39, 0.29) is 13.2 Å². The van der Waals surface area contributed by atoms with Gasteiger partial charge in [-0.25, -0.2) is 4.79 Å². The molecule has 0 bridgehead atoms. The van der Waals surface area contributed by atoms with Gasteiger partial charge in [-0.05, 0) is 18.2 Å². The Balaban J connectivity index is 1.85. The number of aliphatic hydroxyl groups is 1. The minimum atomic E-state index is -0.980. The monoisotopic (exact) mass is 261 g/mol. The topological polar surface area (TPSA) is 94.4 Å². The number of hydrogen-bond donors (Lipinski definition) is 3. The number of ether oxygens (including phenoxy) is 1. The zero-order valence-electron chi connectivity index (χ0n) is 10.3. The lowest BCUT2D eigenvalue weighted by Crippen LogP contribution is -2.44. The second kappa shape index (κ2) is 5.69. The van der Waals surface area contributed by atoms with E-state index in [1.54, 1.807) is 24.3 Å². The Morgan fingerprint density at radius 1 is 1.58 bits per heavy atom. The molecule has 6 nitrogen and oxygen atoms in total. The van der Waals surface area contributed by atoms with E-state index >= 15 is 0 Å². The summed E-state index contributed by atoms with van der Waals surface area (Å²) in [5, 5.41) is 23.9. The number of carbonyl (C=O) groups is 1. The van der Waals surface area contributed by atoms with E-state index in [1.165, 1.54) is 0 Å². The van der Waals surface area contributed by atoms with Crippen LogP contribution in [-0.4, -0.2) is 36.5 Å². The van der Waals surface area contributed by atoms with Crippen molar-refractivity contribution < 1.29 is 14.6 Å². The number of nitriles is 1. The van der Waals surface area contributed by atoms with Crippen molar-refractivity contribution >= 4 is 11.7 Å². The van der Waals surface area contributed by atoms with Crippen molar-refractivity contribution in [1.29, 1.82) is 5.26 Å². The number of hydrogen-bond acceptors (Lipinski definition) is 4. The van der Waals surface area contributed by atoms with E-state index in [9.17, 15) is 9.90 Å². The average Bonchev–Trinajstić information content (AvgIpc) is 2.84. The van der Waals surface area contributed by atoms with Crippen LogP contribution in [0.4, 0.5) is 10.5 Å². The predicted octanol–water partition coefficient (Wildman–Crippen LogP) is 0.831. The van der Waals surface area contributed by atoms with Crippen LogP contribution in [0.15, 0.2) is 24.3 Å². The average molecular weight is 261 g/mol. The quantitative estimate of drug-likeness (QED) is 0.751. The molecule has 0 aliphatic carbocycles. The third kappa shape index (κ3) is 3.68. The molecule has 1 aromatic rings. The fourth-order valence-electron chi connectivity index (χ4n) is 1.82. The molecule has 3 N–H and O–H groups in total.